The summed E-state index contributed by atoms with van der Waals surface area (Å²) in [6.45, 7) is 6.81. The van der Waals surface area contributed by atoms with E-state index in [-0.39, 0.29) is 23.0 Å². The van der Waals surface area contributed by atoms with E-state index in [1.165, 1.54) is 25.7 Å². The average Bonchev–Trinajstić information content (AvgIpc) is 2.97. The Labute approximate surface area is 178 Å². The summed E-state index contributed by atoms with van der Waals surface area (Å²) in [5, 5.41) is 21.9. The number of aliphatic hydroxyl groups is 2. The van der Waals surface area contributed by atoms with Gasteiger partial charge in [0.2, 0.25) is 0 Å². The lowest BCUT2D eigenvalue weighted by Crippen LogP contribution is -2.58. The molecule has 4 aliphatic carbocycles. The molecule has 0 spiro atoms. The lowest BCUT2D eigenvalue weighted by Gasteiger charge is -2.62. The molecule has 4 heteroatoms. The molecule has 0 aliphatic heterocycles. The zero-order chi connectivity index (χ0) is 20.8. The van der Waals surface area contributed by atoms with Crippen LogP contribution in [0, 0.1) is 34.5 Å². The highest BCUT2D eigenvalue weighted by molar-refractivity contribution is 5.11. The molecule has 9 atom stereocenters. The summed E-state index contributed by atoms with van der Waals surface area (Å²) in [4.78, 5) is 2.24. The molecule has 0 aromatic rings. The Balaban J connectivity index is 1.38. The Morgan fingerprint density at radius 1 is 0.862 bits per heavy atom. The summed E-state index contributed by atoms with van der Waals surface area (Å²) in [6.07, 6.45) is 11.2. The highest BCUT2D eigenvalue weighted by Crippen LogP contribution is 2.66. The summed E-state index contributed by atoms with van der Waals surface area (Å²) < 4.78 is 6.28. The van der Waals surface area contributed by atoms with Gasteiger partial charge in [0.05, 0.1) is 18.3 Å². The van der Waals surface area contributed by atoms with Gasteiger partial charge in [-0.2, -0.15) is 0 Å². The SMILES string of the molecule is CN(C)CCCCO[C@H]1CC[C@@]2(C)[C@H](C1)[C@@H](O)C[C@@H]1[C@@H]2CC[C@]2(C)[C@@H](O)CC[C@@H]12. The third-order valence-electron chi connectivity index (χ3n) is 9.93. The maximum Gasteiger partial charge on any atom is 0.0596 e. The van der Waals surface area contributed by atoms with Crippen molar-refractivity contribution in [2.24, 2.45) is 34.5 Å². The first-order chi connectivity index (χ1) is 13.8. The molecule has 4 saturated carbocycles. The first kappa shape index (κ1) is 22.0. The minimum absolute atomic E-state index is 0.0942. The number of hydrogen-bond acceptors (Lipinski definition) is 4. The summed E-state index contributed by atoms with van der Waals surface area (Å²) >= 11 is 0. The van der Waals surface area contributed by atoms with Gasteiger partial charge in [0, 0.05) is 6.61 Å². The Hall–Kier alpha value is -0.160. The van der Waals surface area contributed by atoms with Gasteiger partial charge in [0.15, 0.2) is 0 Å². The van der Waals surface area contributed by atoms with Crippen LogP contribution in [0.3, 0.4) is 0 Å². The molecule has 168 valence electrons. The summed E-state index contributed by atoms with van der Waals surface area (Å²) in [5.74, 6) is 2.32. The van der Waals surface area contributed by atoms with Gasteiger partial charge >= 0.3 is 0 Å². The fourth-order valence-electron chi connectivity index (χ4n) is 8.17. The van der Waals surface area contributed by atoms with Gasteiger partial charge in [-0.1, -0.05) is 13.8 Å². The lowest BCUT2D eigenvalue weighted by atomic mass is 9.44. The summed E-state index contributed by atoms with van der Waals surface area (Å²) in [7, 11) is 4.25. The molecule has 0 amide bonds. The third kappa shape index (κ3) is 3.92. The quantitative estimate of drug-likeness (QED) is 0.651. The number of nitrogens with zero attached hydrogens (tertiary/aromatic N) is 1. The van der Waals surface area contributed by atoms with Gasteiger partial charge in [0.25, 0.3) is 0 Å². The number of unbranched alkanes of at least 4 members (excludes halogenated alkanes) is 1. The van der Waals surface area contributed by atoms with Crippen LogP contribution in [-0.2, 0) is 4.74 Å². The van der Waals surface area contributed by atoms with E-state index in [0.29, 0.717) is 23.9 Å². The van der Waals surface area contributed by atoms with Crippen LogP contribution in [0.4, 0.5) is 0 Å². The second-order valence-corrected chi connectivity index (χ2v) is 11.7. The van der Waals surface area contributed by atoms with Crippen molar-refractivity contribution < 1.29 is 14.9 Å². The van der Waals surface area contributed by atoms with Crippen molar-refractivity contribution in [3.05, 3.63) is 0 Å². The molecule has 2 N–H and O–H groups in total. The first-order valence-corrected chi connectivity index (χ1v) is 12.4. The topological polar surface area (TPSA) is 52.9 Å². The minimum atomic E-state index is -0.193. The van der Waals surface area contributed by atoms with Crippen molar-refractivity contribution in [1.82, 2.24) is 4.90 Å². The number of hydrogen-bond donors (Lipinski definition) is 2. The molecule has 0 bridgehead atoms. The van der Waals surface area contributed by atoms with Crippen molar-refractivity contribution in [3.63, 3.8) is 0 Å². The van der Waals surface area contributed by atoms with Gasteiger partial charge in [-0.15, -0.1) is 0 Å². The molecule has 29 heavy (non-hydrogen) atoms. The predicted molar refractivity (Wildman–Crippen MR) is 117 cm³/mol. The molecule has 4 rings (SSSR count). The van der Waals surface area contributed by atoms with Crippen LogP contribution in [0.2, 0.25) is 0 Å². The van der Waals surface area contributed by atoms with Crippen molar-refractivity contribution >= 4 is 0 Å². The van der Waals surface area contributed by atoms with Crippen LogP contribution < -0.4 is 0 Å². The Bertz CT molecular complexity index is 568. The number of rotatable bonds is 6. The highest BCUT2D eigenvalue weighted by atomic mass is 16.5. The second-order valence-electron chi connectivity index (χ2n) is 11.7. The van der Waals surface area contributed by atoms with Gasteiger partial charge in [0.1, 0.15) is 0 Å². The fourth-order valence-corrected chi connectivity index (χ4v) is 8.17. The predicted octanol–water partition coefficient (Wildman–Crippen LogP) is 4.09. The maximum absolute atomic E-state index is 11.2. The molecule has 0 unspecified atom stereocenters. The minimum Gasteiger partial charge on any atom is -0.393 e. The molecule has 0 aromatic carbocycles. The van der Waals surface area contributed by atoms with Crippen LogP contribution in [0.5, 0.6) is 0 Å². The Morgan fingerprint density at radius 2 is 1.59 bits per heavy atom. The monoisotopic (exact) mass is 407 g/mol. The fraction of sp³-hybridized carbons (Fsp3) is 1.00. The molecule has 0 radical (unpaired) electrons. The van der Waals surface area contributed by atoms with Gasteiger partial charge in [-0.3, -0.25) is 0 Å². The van der Waals surface area contributed by atoms with Crippen molar-refractivity contribution in [1.29, 1.82) is 0 Å². The van der Waals surface area contributed by atoms with Crippen LogP contribution in [0.1, 0.15) is 78.1 Å². The normalized spacial score (nSPS) is 49.6. The Morgan fingerprint density at radius 3 is 2.34 bits per heavy atom. The first-order valence-electron chi connectivity index (χ1n) is 12.4. The zero-order valence-electron chi connectivity index (χ0n) is 19.3. The number of fused-ring (bicyclic) bond motifs is 5. The summed E-state index contributed by atoms with van der Waals surface area (Å²) in [6, 6.07) is 0. The van der Waals surface area contributed by atoms with Crippen molar-refractivity contribution in [2.45, 2.75) is 96.4 Å². The molecule has 0 heterocycles. The van der Waals surface area contributed by atoms with Crippen LogP contribution >= 0.6 is 0 Å². The van der Waals surface area contributed by atoms with E-state index in [2.05, 4.69) is 32.8 Å². The molecule has 4 fully saturated rings. The second kappa shape index (κ2) is 8.41. The van der Waals surface area contributed by atoms with Crippen LogP contribution in [-0.4, -0.2) is 60.7 Å². The average molecular weight is 408 g/mol. The van der Waals surface area contributed by atoms with E-state index in [4.69, 9.17) is 4.74 Å². The lowest BCUT2D eigenvalue weighted by molar-refractivity contribution is -0.179. The molecule has 4 aliphatic rings. The van der Waals surface area contributed by atoms with Gasteiger partial charge < -0.3 is 19.8 Å². The summed E-state index contributed by atoms with van der Waals surface area (Å²) in [5.41, 5.74) is 0.346. The maximum atomic E-state index is 11.2. The number of aliphatic hydroxyl groups excluding tert-OH is 2. The Kier molecular flexibility index (Phi) is 6.39. The highest BCUT2D eigenvalue weighted by Gasteiger charge is 2.62. The number of ether oxygens (including phenoxy) is 1. The zero-order valence-corrected chi connectivity index (χ0v) is 19.3. The van der Waals surface area contributed by atoms with Gasteiger partial charge in [-0.25, -0.2) is 0 Å². The third-order valence-corrected chi connectivity index (χ3v) is 9.93. The molecular weight excluding hydrogens is 362 g/mol. The molecular formula is C25H45NO3. The van der Waals surface area contributed by atoms with E-state index in [9.17, 15) is 10.2 Å². The molecule has 4 nitrogen and oxygen atoms in total. The standard InChI is InChI=1S/C25H45NO3/c1-24-11-9-17(29-14-6-5-13-26(3)4)15-21(24)22(27)16-18-19-7-8-23(28)25(19,2)12-10-20(18)24/h17-23,27-28H,5-16H2,1-4H3/t17-,18-,19-,20-,21+,22-,23-,24+,25-/m0/s1. The van der Waals surface area contributed by atoms with E-state index >= 15 is 0 Å². The van der Waals surface area contributed by atoms with Crippen molar-refractivity contribution in [3.8, 4) is 0 Å². The van der Waals surface area contributed by atoms with Crippen molar-refractivity contribution in [2.75, 3.05) is 27.2 Å². The molecule has 0 saturated heterocycles. The van der Waals surface area contributed by atoms with E-state index < -0.39 is 0 Å². The molecule has 0 aromatic heterocycles. The largest absolute Gasteiger partial charge is 0.393 e. The van der Waals surface area contributed by atoms with E-state index in [1.54, 1.807) is 0 Å². The van der Waals surface area contributed by atoms with Gasteiger partial charge in [-0.05, 0) is 119 Å². The van der Waals surface area contributed by atoms with Crippen LogP contribution in [0.25, 0.3) is 0 Å². The van der Waals surface area contributed by atoms with Crippen LogP contribution in [0.15, 0.2) is 0 Å². The smallest absolute Gasteiger partial charge is 0.0596 e. The van der Waals surface area contributed by atoms with E-state index in [0.717, 1.165) is 57.6 Å². The van der Waals surface area contributed by atoms with E-state index in [1.807, 2.05) is 0 Å².